The summed E-state index contributed by atoms with van der Waals surface area (Å²) >= 11 is 0. The van der Waals surface area contributed by atoms with Crippen LogP contribution in [0, 0.1) is 0 Å². The Morgan fingerprint density at radius 1 is 0.632 bits per heavy atom. The molecule has 0 aromatic heterocycles. The molecule has 0 amide bonds. The first-order valence-electron chi connectivity index (χ1n) is 7.02. The van der Waals surface area contributed by atoms with Gasteiger partial charge in [0.05, 0.1) is 0 Å². The topological polar surface area (TPSA) is 0 Å². The van der Waals surface area contributed by atoms with E-state index in [-0.39, 0.29) is 0 Å². The Morgan fingerprint density at radius 2 is 1.11 bits per heavy atom. The molecule has 0 aliphatic rings. The van der Waals surface area contributed by atoms with Crippen molar-refractivity contribution < 1.29 is 0 Å². The van der Waals surface area contributed by atoms with Crippen LogP contribution in [-0.2, 0) is 0 Å². The normalized spacial score (nSPS) is 13.3. The Balaban J connectivity index is 3.66. The van der Waals surface area contributed by atoms with Gasteiger partial charge in [-0.15, -0.1) is 0 Å². The Hall–Kier alpha value is -1.82. The third-order valence-corrected chi connectivity index (χ3v) is 2.36. The molecule has 0 bridgehead atoms. The van der Waals surface area contributed by atoms with Crippen molar-refractivity contribution in [3.63, 3.8) is 0 Å². The van der Waals surface area contributed by atoms with Gasteiger partial charge < -0.3 is 0 Å². The Kier molecular flexibility index (Phi) is 14.6. The van der Waals surface area contributed by atoms with Crippen LogP contribution in [0.3, 0.4) is 0 Å². The van der Waals surface area contributed by atoms with Crippen LogP contribution in [-0.4, -0.2) is 0 Å². The predicted octanol–water partition coefficient (Wildman–Crippen LogP) is 6.09. The summed E-state index contributed by atoms with van der Waals surface area (Å²) in [6, 6.07) is 0. The van der Waals surface area contributed by atoms with Crippen LogP contribution in [0.4, 0.5) is 0 Å². The van der Waals surface area contributed by atoms with E-state index in [0.717, 1.165) is 0 Å². The summed E-state index contributed by atoms with van der Waals surface area (Å²) in [6.07, 6.45) is 31.2. The van der Waals surface area contributed by atoms with Gasteiger partial charge in [0.25, 0.3) is 0 Å². The Bertz CT molecular complexity index is 359. The van der Waals surface area contributed by atoms with Crippen molar-refractivity contribution in [2.75, 3.05) is 0 Å². The molecule has 0 fully saturated rings. The van der Waals surface area contributed by atoms with Gasteiger partial charge >= 0.3 is 0 Å². The Morgan fingerprint density at radius 3 is 1.58 bits per heavy atom. The zero-order valence-electron chi connectivity index (χ0n) is 12.0. The van der Waals surface area contributed by atoms with Crippen LogP contribution >= 0.6 is 0 Å². The van der Waals surface area contributed by atoms with E-state index in [0.29, 0.717) is 0 Å². The molecule has 0 aromatic rings. The first-order chi connectivity index (χ1) is 9.41. The van der Waals surface area contributed by atoms with Crippen LogP contribution in [0.2, 0.25) is 0 Å². The molecule has 0 unspecified atom stereocenters. The molecule has 0 radical (unpaired) electrons. The molecule has 0 saturated carbocycles. The molecule has 0 atom stereocenters. The minimum Gasteiger partial charge on any atom is -0.0991 e. The monoisotopic (exact) mass is 254 g/mol. The fraction of sp³-hybridized carbons (Fsp3) is 0.263. The lowest BCUT2D eigenvalue weighted by Gasteiger charge is -1.89. The van der Waals surface area contributed by atoms with Crippen LogP contribution in [0.25, 0.3) is 0 Å². The van der Waals surface area contributed by atoms with Gasteiger partial charge in [0.15, 0.2) is 0 Å². The highest BCUT2D eigenvalue weighted by Crippen LogP contribution is 1.99. The van der Waals surface area contributed by atoms with E-state index in [2.05, 4.69) is 31.7 Å². The van der Waals surface area contributed by atoms with Crippen molar-refractivity contribution in [3.05, 3.63) is 85.6 Å². The fourth-order valence-corrected chi connectivity index (χ4v) is 1.34. The highest BCUT2D eigenvalue weighted by molar-refractivity contribution is 5.20. The van der Waals surface area contributed by atoms with Crippen LogP contribution < -0.4 is 0 Å². The number of unbranched alkanes of at least 4 members (excludes halogenated alkanes) is 3. The van der Waals surface area contributed by atoms with Crippen molar-refractivity contribution in [1.29, 1.82) is 0 Å². The van der Waals surface area contributed by atoms with E-state index in [1.165, 1.54) is 25.7 Å². The van der Waals surface area contributed by atoms with Gasteiger partial charge in [0, 0.05) is 0 Å². The molecule has 102 valence electrons. The fourth-order valence-electron chi connectivity index (χ4n) is 1.34. The van der Waals surface area contributed by atoms with Crippen molar-refractivity contribution in [2.45, 2.75) is 32.6 Å². The molecule has 0 spiro atoms. The van der Waals surface area contributed by atoms with E-state index in [1.54, 1.807) is 6.08 Å². The largest absolute Gasteiger partial charge is 0.0991 e. The molecule has 0 aromatic carbocycles. The van der Waals surface area contributed by atoms with Crippen LogP contribution in [0.1, 0.15) is 32.6 Å². The minimum atomic E-state index is 1.19. The first kappa shape index (κ1) is 17.2. The van der Waals surface area contributed by atoms with Gasteiger partial charge in [-0.25, -0.2) is 0 Å². The van der Waals surface area contributed by atoms with E-state index < -0.39 is 0 Å². The average molecular weight is 254 g/mol. The Labute approximate surface area is 118 Å². The summed E-state index contributed by atoms with van der Waals surface area (Å²) in [5, 5.41) is 0. The number of allylic oxidation sites excluding steroid dienone is 13. The lowest BCUT2D eigenvalue weighted by molar-refractivity contribution is 0.729. The lowest BCUT2D eigenvalue weighted by Crippen LogP contribution is -1.69. The van der Waals surface area contributed by atoms with Gasteiger partial charge in [-0.3, -0.25) is 0 Å². The maximum Gasteiger partial charge on any atom is -0.0348 e. The highest BCUT2D eigenvalue weighted by atomic mass is 13.9. The standard InChI is InChI=1S/C19H26/c1-3-5-7-9-11-13-15-17-19-18-16-14-12-10-8-6-4-2/h3,5,7,9,11-19H,1,4,6,8,10H2,2H3. The quantitative estimate of drug-likeness (QED) is 0.327. The molecular weight excluding hydrogens is 228 g/mol. The average Bonchev–Trinajstić information content (AvgIpc) is 2.43. The molecule has 0 aliphatic carbocycles. The van der Waals surface area contributed by atoms with Gasteiger partial charge in [0.2, 0.25) is 0 Å². The second kappa shape index (κ2) is 16.2. The summed E-state index contributed by atoms with van der Waals surface area (Å²) in [4.78, 5) is 0. The summed E-state index contributed by atoms with van der Waals surface area (Å²) in [5.41, 5.74) is 0. The highest BCUT2D eigenvalue weighted by Gasteiger charge is 1.79. The third-order valence-electron chi connectivity index (χ3n) is 2.36. The van der Waals surface area contributed by atoms with Crippen LogP contribution in [0.15, 0.2) is 85.6 Å². The van der Waals surface area contributed by atoms with Crippen molar-refractivity contribution in [1.82, 2.24) is 0 Å². The maximum atomic E-state index is 3.60. The number of rotatable bonds is 10. The molecule has 19 heavy (non-hydrogen) atoms. The molecule has 0 N–H and O–H groups in total. The summed E-state index contributed by atoms with van der Waals surface area (Å²) < 4.78 is 0. The van der Waals surface area contributed by atoms with Gasteiger partial charge in [-0.05, 0) is 12.8 Å². The second-order valence-corrected chi connectivity index (χ2v) is 4.08. The zero-order valence-corrected chi connectivity index (χ0v) is 12.0. The van der Waals surface area contributed by atoms with E-state index in [1.807, 2.05) is 54.7 Å². The molecule has 0 saturated heterocycles. The lowest BCUT2D eigenvalue weighted by atomic mass is 10.2. The molecular formula is C19H26. The smallest absolute Gasteiger partial charge is 0.0348 e. The maximum absolute atomic E-state index is 3.60. The van der Waals surface area contributed by atoms with E-state index >= 15 is 0 Å². The van der Waals surface area contributed by atoms with Gasteiger partial charge in [-0.1, -0.05) is 105 Å². The summed E-state index contributed by atoms with van der Waals surface area (Å²) in [6.45, 7) is 5.83. The summed E-state index contributed by atoms with van der Waals surface area (Å²) in [7, 11) is 0. The number of hydrogen-bond donors (Lipinski definition) is 0. The van der Waals surface area contributed by atoms with Crippen LogP contribution in [0.5, 0.6) is 0 Å². The van der Waals surface area contributed by atoms with Crippen molar-refractivity contribution in [3.8, 4) is 0 Å². The van der Waals surface area contributed by atoms with E-state index in [9.17, 15) is 0 Å². The number of hydrogen-bond acceptors (Lipinski definition) is 0. The van der Waals surface area contributed by atoms with Gasteiger partial charge in [-0.2, -0.15) is 0 Å². The third kappa shape index (κ3) is 16.2. The summed E-state index contributed by atoms with van der Waals surface area (Å²) in [5.74, 6) is 0. The predicted molar refractivity (Wildman–Crippen MR) is 89.2 cm³/mol. The SMILES string of the molecule is C=CC=CC=CC=CC=CC=CC=CCCCCC. The molecule has 0 heterocycles. The van der Waals surface area contributed by atoms with E-state index in [4.69, 9.17) is 0 Å². The van der Waals surface area contributed by atoms with Crippen molar-refractivity contribution in [2.24, 2.45) is 0 Å². The minimum absolute atomic E-state index is 1.19. The zero-order chi connectivity index (χ0) is 14.0. The first-order valence-corrected chi connectivity index (χ1v) is 7.02. The molecule has 0 aliphatic heterocycles. The second-order valence-electron chi connectivity index (χ2n) is 4.08. The molecule has 0 nitrogen and oxygen atoms in total. The van der Waals surface area contributed by atoms with Crippen molar-refractivity contribution >= 4 is 0 Å². The molecule has 0 rings (SSSR count). The molecule has 0 heteroatoms. The van der Waals surface area contributed by atoms with Gasteiger partial charge in [0.1, 0.15) is 0 Å².